The van der Waals surface area contributed by atoms with Crippen LogP contribution in [0, 0.1) is 0 Å². The Morgan fingerprint density at radius 2 is 1.81 bits per heavy atom. The molecule has 0 aliphatic heterocycles. The first-order valence-corrected chi connectivity index (χ1v) is 13.6. The molecule has 1 unspecified atom stereocenters. The topological polar surface area (TPSA) is 182 Å². The average Bonchev–Trinajstić information content (AvgIpc) is 2.83. The number of nitrogens with zero attached hydrogens (tertiary/aromatic N) is 2. The number of anilines is 2. The predicted molar refractivity (Wildman–Crippen MR) is 137 cm³/mol. The molecule has 2 aromatic carbocycles. The number of methoxy groups -OCH3 is 1. The molecule has 0 aliphatic carbocycles. The van der Waals surface area contributed by atoms with Gasteiger partial charge in [-0.1, -0.05) is 11.6 Å². The molecule has 196 valence electrons. The first kappa shape index (κ1) is 28.5. The molecule has 0 aliphatic rings. The van der Waals surface area contributed by atoms with Gasteiger partial charge in [-0.2, -0.15) is 0 Å². The van der Waals surface area contributed by atoms with Crippen molar-refractivity contribution in [1.29, 1.82) is 0 Å². The zero-order chi connectivity index (χ0) is 26.8. The lowest BCUT2D eigenvalue weighted by atomic mass is 9.96. The molecule has 3 rings (SSSR count). The Balaban J connectivity index is 2.08. The summed E-state index contributed by atoms with van der Waals surface area (Å²) in [5.41, 5.74) is 0.896. The molecule has 11 nitrogen and oxygen atoms in total. The Morgan fingerprint density at radius 1 is 1.11 bits per heavy atom. The van der Waals surface area contributed by atoms with Crippen LogP contribution in [0.1, 0.15) is 11.7 Å². The predicted octanol–water partition coefficient (Wildman–Crippen LogP) is 1.32. The number of benzene rings is 2. The van der Waals surface area contributed by atoms with Crippen molar-refractivity contribution in [1.82, 2.24) is 9.97 Å². The van der Waals surface area contributed by atoms with E-state index < -0.39 is 46.1 Å². The lowest BCUT2D eigenvalue weighted by Gasteiger charge is -2.31. The minimum Gasteiger partial charge on any atom is -0.496 e. The molecule has 0 amide bonds. The molecule has 1 heterocycles. The van der Waals surface area contributed by atoms with Gasteiger partial charge >= 0.3 is 0 Å². The van der Waals surface area contributed by atoms with Crippen LogP contribution in [0.3, 0.4) is 0 Å². The highest BCUT2D eigenvalue weighted by Crippen LogP contribution is 2.37. The maximum Gasteiger partial charge on any atom is 0.155 e. The van der Waals surface area contributed by atoms with Crippen molar-refractivity contribution in [2.45, 2.75) is 29.7 Å². The standard InChI is InChI=1S/C22H25BrClN3O8S/c1-35-17-7-11-15(25-9-26-22(11)27-10-3-4-13(23)14(24)5-10)6-12(17)18(30)21(36(2,33)34)20(32)19(31)16(29)8-28/h3-7,9,16,18-21,28-32H,8H2,1-2H3,(H,25,26,27)/t16-,18?,19+,20-,21-/m0/s1. The monoisotopic (exact) mass is 605 g/mol. The van der Waals surface area contributed by atoms with Crippen LogP contribution in [0.5, 0.6) is 5.75 Å². The summed E-state index contributed by atoms with van der Waals surface area (Å²) < 4.78 is 31.1. The summed E-state index contributed by atoms with van der Waals surface area (Å²) in [5, 5.41) is 52.6. The van der Waals surface area contributed by atoms with Gasteiger partial charge in [0.05, 0.1) is 24.3 Å². The van der Waals surface area contributed by atoms with Crippen LogP contribution in [-0.4, -0.2) is 87.5 Å². The van der Waals surface area contributed by atoms with E-state index in [-0.39, 0.29) is 11.3 Å². The van der Waals surface area contributed by atoms with Crippen LogP contribution in [0.4, 0.5) is 11.5 Å². The maximum absolute atomic E-state index is 12.5. The van der Waals surface area contributed by atoms with Crippen molar-refractivity contribution in [3.05, 3.63) is 51.7 Å². The maximum atomic E-state index is 12.5. The third-order valence-corrected chi connectivity index (χ3v) is 8.32. The molecular weight excluding hydrogens is 582 g/mol. The lowest BCUT2D eigenvalue weighted by molar-refractivity contribution is -0.0861. The number of fused-ring (bicyclic) bond motifs is 1. The molecule has 5 atom stereocenters. The molecule has 0 radical (unpaired) electrons. The van der Waals surface area contributed by atoms with Crippen molar-refractivity contribution in [2.24, 2.45) is 0 Å². The summed E-state index contributed by atoms with van der Waals surface area (Å²) in [6, 6.07) is 8.06. The lowest BCUT2D eigenvalue weighted by Crippen LogP contribution is -2.50. The van der Waals surface area contributed by atoms with Gasteiger partial charge in [0, 0.05) is 27.4 Å². The Kier molecular flexibility index (Phi) is 9.11. The van der Waals surface area contributed by atoms with E-state index in [2.05, 4.69) is 31.2 Å². The highest BCUT2D eigenvalue weighted by molar-refractivity contribution is 9.10. The number of aliphatic hydroxyl groups excluding tert-OH is 5. The van der Waals surface area contributed by atoms with E-state index in [9.17, 15) is 28.8 Å². The van der Waals surface area contributed by atoms with Crippen molar-refractivity contribution >= 4 is 59.8 Å². The molecule has 6 N–H and O–H groups in total. The van der Waals surface area contributed by atoms with Gasteiger partial charge in [-0.3, -0.25) is 0 Å². The van der Waals surface area contributed by atoms with Crippen molar-refractivity contribution < 1.29 is 38.7 Å². The minimum atomic E-state index is -4.20. The Bertz CT molecular complexity index is 1350. The number of halogens is 2. The fourth-order valence-corrected chi connectivity index (χ4v) is 5.41. The zero-order valence-electron chi connectivity index (χ0n) is 19.1. The zero-order valence-corrected chi connectivity index (χ0v) is 22.2. The van der Waals surface area contributed by atoms with Gasteiger partial charge in [0.1, 0.15) is 47.6 Å². The molecule has 36 heavy (non-hydrogen) atoms. The fourth-order valence-electron chi connectivity index (χ4n) is 3.70. The first-order valence-electron chi connectivity index (χ1n) is 10.5. The molecule has 0 fully saturated rings. The molecule has 1 aromatic heterocycles. The average molecular weight is 607 g/mol. The molecule has 14 heteroatoms. The van der Waals surface area contributed by atoms with Crippen LogP contribution in [-0.2, 0) is 9.84 Å². The van der Waals surface area contributed by atoms with Crippen LogP contribution in [0.2, 0.25) is 5.02 Å². The molecular formula is C22H25BrClN3O8S. The largest absolute Gasteiger partial charge is 0.496 e. The second-order valence-corrected chi connectivity index (χ2v) is 11.5. The summed E-state index contributed by atoms with van der Waals surface area (Å²) in [6.45, 7) is -0.930. The van der Waals surface area contributed by atoms with Gasteiger partial charge in [-0.15, -0.1) is 0 Å². The third kappa shape index (κ3) is 6.06. The second-order valence-electron chi connectivity index (χ2n) is 8.06. The minimum absolute atomic E-state index is 0.0403. The highest BCUT2D eigenvalue weighted by atomic mass is 79.9. The SMILES string of the molecule is COc1cc2c(Nc3ccc(Br)c(Cl)c3)ncnc2cc1C(O)[C@@H]([C@@H](O)[C@H](O)[C@@H](O)CO)S(C)(=O)=O. The van der Waals surface area contributed by atoms with Crippen LogP contribution >= 0.6 is 27.5 Å². The number of ether oxygens (including phenoxy) is 1. The van der Waals surface area contributed by atoms with E-state index in [4.69, 9.17) is 21.4 Å². The quantitative estimate of drug-likeness (QED) is 0.196. The van der Waals surface area contributed by atoms with Crippen LogP contribution < -0.4 is 10.1 Å². The van der Waals surface area contributed by atoms with E-state index in [1.165, 1.54) is 25.6 Å². The Morgan fingerprint density at radius 3 is 2.39 bits per heavy atom. The number of hydrogen-bond acceptors (Lipinski definition) is 11. The fraction of sp³-hybridized carbons (Fsp3) is 0.364. The second kappa shape index (κ2) is 11.5. The van der Waals surface area contributed by atoms with Gasteiger partial charge in [-0.25, -0.2) is 18.4 Å². The third-order valence-electron chi connectivity index (χ3n) is 5.56. The van der Waals surface area contributed by atoms with Gasteiger partial charge in [0.15, 0.2) is 9.84 Å². The Hall–Kier alpha value is -2.10. The van der Waals surface area contributed by atoms with Gasteiger partial charge < -0.3 is 35.6 Å². The van der Waals surface area contributed by atoms with Gasteiger partial charge in [0.25, 0.3) is 0 Å². The number of rotatable bonds is 10. The summed E-state index contributed by atoms with van der Waals surface area (Å²) in [5.74, 6) is 0.429. The van der Waals surface area contributed by atoms with Crippen molar-refractivity contribution in [3.63, 3.8) is 0 Å². The summed E-state index contributed by atoms with van der Waals surface area (Å²) in [6.07, 6.45) is -5.88. The van der Waals surface area contributed by atoms with Crippen molar-refractivity contribution in [2.75, 3.05) is 25.3 Å². The highest BCUT2D eigenvalue weighted by Gasteiger charge is 2.43. The molecule has 0 spiro atoms. The number of nitrogens with one attached hydrogen (secondary N) is 1. The number of hydrogen-bond donors (Lipinski definition) is 6. The molecule has 0 saturated carbocycles. The Labute approximate surface area is 220 Å². The summed E-state index contributed by atoms with van der Waals surface area (Å²) in [7, 11) is -2.90. The number of aliphatic hydroxyl groups is 5. The smallest absolute Gasteiger partial charge is 0.155 e. The number of sulfone groups is 1. The van der Waals surface area contributed by atoms with E-state index in [1.54, 1.807) is 18.2 Å². The van der Waals surface area contributed by atoms with Crippen LogP contribution in [0.15, 0.2) is 41.1 Å². The summed E-state index contributed by atoms with van der Waals surface area (Å²) >= 11 is 9.48. The van der Waals surface area contributed by atoms with E-state index >= 15 is 0 Å². The molecule has 0 saturated heterocycles. The number of aromatic nitrogens is 2. The molecule has 3 aromatic rings. The summed E-state index contributed by atoms with van der Waals surface area (Å²) in [4.78, 5) is 8.43. The normalized spacial score (nSPS) is 16.2. The van der Waals surface area contributed by atoms with E-state index in [1.807, 2.05) is 0 Å². The molecule has 0 bridgehead atoms. The first-order chi connectivity index (χ1) is 16.9. The van der Waals surface area contributed by atoms with Gasteiger partial charge in [0.2, 0.25) is 0 Å². The van der Waals surface area contributed by atoms with E-state index in [0.717, 1.165) is 6.26 Å². The van der Waals surface area contributed by atoms with Crippen LogP contribution in [0.25, 0.3) is 10.9 Å². The van der Waals surface area contributed by atoms with Gasteiger partial charge in [-0.05, 0) is 46.3 Å². The van der Waals surface area contributed by atoms with Crippen molar-refractivity contribution in [3.8, 4) is 5.75 Å². The van der Waals surface area contributed by atoms with E-state index in [0.29, 0.717) is 31.9 Å².